The number of nitrogens with one attached hydrogen (secondary N) is 2. The summed E-state index contributed by atoms with van der Waals surface area (Å²) in [6.07, 6.45) is 1.62. The Kier molecular flexibility index (Phi) is 6.86. The summed E-state index contributed by atoms with van der Waals surface area (Å²) in [6.45, 7) is 12.7. The van der Waals surface area contributed by atoms with Crippen LogP contribution in [0.3, 0.4) is 0 Å². The SMILES string of the molecule is CCC(C)(C)NC(=O)CNCC(C)(O)CC(C)C. The van der Waals surface area contributed by atoms with Gasteiger partial charge in [0.2, 0.25) is 5.91 Å². The van der Waals surface area contributed by atoms with Crippen molar-refractivity contribution >= 4 is 5.91 Å². The van der Waals surface area contributed by atoms with Gasteiger partial charge in [0.25, 0.3) is 0 Å². The van der Waals surface area contributed by atoms with Crippen LogP contribution in [0.4, 0.5) is 0 Å². The first-order valence-electron chi connectivity index (χ1n) is 6.82. The van der Waals surface area contributed by atoms with E-state index in [1.54, 1.807) is 6.92 Å². The second-order valence-corrected chi connectivity index (χ2v) is 6.48. The first kappa shape index (κ1) is 17.4. The van der Waals surface area contributed by atoms with Crippen molar-refractivity contribution in [2.45, 2.75) is 65.5 Å². The van der Waals surface area contributed by atoms with Crippen LogP contribution in [0.5, 0.6) is 0 Å². The topological polar surface area (TPSA) is 61.4 Å². The molecule has 108 valence electrons. The Morgan fingerprint density at radius 2 is 1.83 bits per heavy atom. The van der Waals surface area contributed by atoms with Gasteiger partial charge in [-0.1, -0.05) is 20.8 Å². The van der Waals surface area contributed by atoms with Crippen LogP contribution >= 0.6 is 0 Å². The zero-order chi connectivity index (χ0) is 14.4. The summed E-state index contributed by atoms with van der Waals surface area (Å²) in [6, 6.07) is 0. The van der Waals surface area contributed by atoms with E-state index in [1.165, 1.54) is 0 Å². The smallest absolute Gasteiger partial charge is 0.234 e. The molecular formula is C14H30N2O2. The number of rotatable bonds is 8. The number of hydrogen-bond acceptors (Lipinski definition) is 3. The minimum Gasteiger partial charge on any atom is -0.389 e. The lowest BCUT2D eigenvalue weighted by molar-refractivity contribution is -0.122. The van der Waals surface area contributed by atoms with Crippen LogP contribution in [0, 0.1) is 5.92 Å². The molecule has 0 heterocycles. The molecule has 0 aromatic heterocycles. The van der Waals surface area contributed by atoms with E-state index in [-0.39, 0.29) is 18.0 Å². The van der Waals surface area contributed by atoms with Crippen molar-refractivity contribution in [1.29, 1.82) is 0 Å². The molecule has 0 fully saturated rings. The molecule has 0 aromatic carbocycles. The molecule has 1 atom stereocenters. The van der Waals surface area contributed by atoms with Gasteiger partial charge in [-0.2, -0.15) is 0 Å². The fourth-order valence-electron chi connectivity index (χ4n) is 1.91. The molecule has 4 nitrogen and oxygen atoms in total. The molecule has 4 heteroatoms. The monoisotopic (exact) mass is 258 g/mol. The zero-order valence-electron chi connectivity index (χ0n) is 12.8. The lowest BCUT2D eigenvalue weighted by Gasteiger charge is -2.27. The van der Waals surface area contributed by atoms with Crippen LogP contribution in [-0.2, 0) is 4.79 Å². The third-order valence-corrected chi connectivity index (χ3v) is 3.00. The minimum atomic E-state index is -0.755. The van der Waals surface area contributed by atoms with Crippen LogP contribution in [0.15, 0.2) is 0 Å². The maximum absolute atomic E-state index is 11.7. The number of carbonyl (C=O) groups is 1. The van der Waals surface area contributed by atoms with Crippen molar-refractivity contribution in [3.05, 3.63) is 0 Å². The van der Waals surface area contributed by atoms with E-state index >= 15 is 0 Å². The van der Waals surface area contributed by atoms with Crippen molar-refractivity contribution in [2.75, 3.05) is 13.1 Å². The van der Waals surface area contributed by atoms with Gasteiger partial charge in [0, 0.05) is 12.1 Å². The molecule has 3 N–H and O–H groups in total. The molecule has 0 aliphatic rings. The van der Waals surface area contributed by atoms with Crippen molar-refractivity contribution < 1.29 is 9.90 Å². The van der Waals surface area contributed by atoms with Gasteiger partial charge >= 0.3 is 0 Å². The Labute approximate surface area is 112 Å². The molecule has 0 aromatic rings. The average Bonchev–Trinajstić information content (AvgIpc) is 2.14. The van der Waals surface area contributed by atoms with Crippen LogP contribution in [0.1, 0.15) is 54.4 Å². The Bertz CT molecular complexity index is 261. The Balaban J connectivity index is 3.94. The number of aliphatic hydroxyl groups is 1. The van der Waals surface area contributed by atoms with Gasteiger partial charge in [-0.3, -0.25) is 4.79 Å². The fourth-order valence-corrected chi connectivity index (χ4v) is 1.91. The second-order valence-electron chi connectivity index (χ2n) is 6.48. The highest BCUT2D eigenvalue weighted by atomic mass is 16.3. The maximum Gasteiger partial charge on any atom is 0.234 e. The van der Waals surface area contributed by atoms with Gasteiger partial charge in [-0.15, -0.1) is 0 Å². The van der Waals surface area contributed by atoms with Crippen molar-refractivity contribution in [2.24, 2.45) is 5.92 Å². The average molecular weight is 258 g/mol. The Morgan fingerprint density at radius 1 is 1.28 bits per heavy atom. The molecule has 0 spiro atoms. The van der Waals surface area contributed by atoms with Crippen molar-refractivity contribution in [3.8, 4) is 0 Å². The Morgan fingerprint density at radius 3 is 2.28 bits per heavy atom. The van der Waals surface area contributed by atoms with Gasteiger partial charge in [0.15, 0.2) is 0 Å². The van der Waals surface area contributed by atoms with E-state index in [1.807, 2.05) is 20.8 Å². The van der Waals surface area contributed by atoms with Gasteiger partial charge in [-0.05, 0) is 39.5 Å². The van der Waals surface area contributed by atoms with Gasteiger partial charge in [0.1, 0.15) is 0 Å². The number of amides is 1. The van der Waals surface area contributed by atoms with Gasteiger partial charge in [-0.25, -0.2) is 0 Å². The molecule has 0 bridgehead atoms. The van der Waals surface area contributed by atoms with Crippen molar-refractivity contribution in [3.63, 3.8) is 0 Å². The predicted molar refractivity (Wildman–Crippen MR) is 75.5 cm³/mol. The van der Waals surface area contributed by atoms with Crippen molar-refractivity contribution in [1.82, 2.24) is 10.6 Å². The largest absolute Gasteiger partial charge is 0.389 e. The molecule has 18 heavy (non-hydrogen) atoms. The first-order valence-corrected chi connectivity index (χ1v) is 6.82. The first-order chi connectivity index (χ1) is 8.08. The maximum atomic E-state index is 11.7. The van der Waals surface area contributed by atoms with E-state index < -0.39 is 5.60 Å². The summed E-state index contributed by atoms with van der Waals surface area (Å²) in [4.78, 5) is 11.7. The lowest BCUT2D eigenvalue weighted by Crippen LogP contribution is -2.48. The van der Waals surface area contributed by atoms with E-state index in [0.29, 0.717) is 12.5 Å². The fraction of sp³-hybridized carbons (Fsp3) is 0.929. The molecule has 1 amide bonds. The highest BCUT2D eigenvalue weighted by Crippen LogP contribution is 2.14. The molecule has 0 saturated heterocycles. The zero-order valence-corrected chi connectivity index (χ0v) is 12.8. The summed E-state index contributed by atoms with van der Waals surface area (Å²) in [5.74, 6) is 0.414. The standard InChI is InChI=1S/C14H30N2O2/c1-7-13(4,5)16-12(17)9-15-10-14(6,18)8-11(2)3/h11,15,18H,7-10H2,1-6H3,(H,16,17). The molecule has 0 aliphatic carbocycles. The van der Waals surface area contributed by atoms with Gasteiger partial charge in [0.05, 0.1) is 12.1 Å². The highest BCUT2D eigenvalue weighted by molar-refractivity contribution is 5.78. The van der Waals surface area contributed by atoms with Crippen LogP contribution in [0.25, 0.3) is 0 Å². The van der Waals surface area contributed by atoms with Crippen LogP contribution in [0.2, 0.25) is 0 Å². The van der Waals surface area contributed by atoms with E-state index in [4.69, 9.17) is 0 Å². The quantitative estimate of drug-likeness (QED) is 0.621. The second kappa shape index (κ2) is 7.10. The molecule has 0 aliphatic heterocycles. The molecule has 0 radical (unpaired) electrons. The van der Waals surface area contributed by atoms with Crippen LogP contribution in [-0.4, -0.2) is 35.2 Å². The van der Waals surface area contributed by atoms with Crippen LogP contribution < -0.4 is 10.6 Å². The third-order valence-electron chi connectivity index (χ3n) is 3.00. The highest BCUT2D eigenvalue weighted by Gasteiger charge is 2.22. The summed E-state index contributed by atoms with van der Waals surface area (Å²) in [5, 5.41) is 16.0. The normalized spacial score (nSPS) is 15.6. The number of hydrogen-bond donors (Lipinski definition) is 3. The summed E-state index contributed by atoms with van der Waals surface area (Å²) in [5.41, 5.74) is -0.923. The summed E-state index contributed by atoms with van der Waals surface area (Å²) in [7, 11) is 0. The predicted octanol–water partition coefficient (Wildman–Crippen LogP) is 1.68. The van der Waals surface area contributed by atoms with E-state index in [2.05, 4.69) is 24.5 Å². The van der Waals surface area contributed by atoms with E-state index in [0.717, 1.165) is 12.8 Å². The van der Waals surface area contributed by atoms with E-state index in [9.17, 15) is 9.90 Å². The molecule has 0 saturated carbocycles. The lowest BCUT2D eigenvalue weighted by atomic mass is 9.94. The number of carbonyl (C=O) groups excluding carboxylic acids is 1. The molecule has 1 unspecified atom stereocenters. The summed E-state index contributed by atoms with van der Waals surface area (Å²) < 4.78 is 0. The summed E-state index contributed by atoms with van der Waals surface area (Å²) >= 11 is 0. The third kappa shape index (κ3) is 8.48. The Hall–Kier alpha value is -0.610. The van der Waals surface area contributed by atoms with Gasteiger partial charge < -0.3 is 15.7 Å². The molecular weight excluding hydrogens is 228 g/mol. The minimum absolute atomic E-state index is 0.0257. The molecule has 0 rings (SSSR count).